The van der Waals surface area contributed by atoms with Gasteiger partial charge in [0.05, 0.1) is 13.2 Å². The highest BCUT2D eigenvalue weighted by atomic mass is 32.1. The van der Waals surface area contributed by atoms with Gasteiger partial charge in [-0.05, 0) is 54.4 Å². The van der Waals surface area contributed by atoms with Gasteiger partial charge in [0, 0.05) is 16.8 Å². The van der Waals surface area contributed by atoms with Crippen molar-refractivity contribution in [3.05, 3.63) is 89.5 Å². The SMILES string of the molecule is COc1ccccc1OCC(C)NC(=S)Nc1cccc(C(=O)c2ccc(C(C)(C)C)cc2)c1. The fourth-order valence-electron chi connectivity index (χ4n) is 3.41. The molecule has 2 N–H and O–H groups in total. The number of hydrogen-bond donors (Lipinski definition) is 2. The van der Waals surface area contributed by atoms with Gasteiger partial charge < -0.3 is 20.1 Å². The molecule has 3 aromatic rings. The second-order valence-corrected chi connectivity index (χ2v) is 9.61. The molecule has 34 heavy (non-hydrogen) atoms. The number of benzene rings is 3. The van der Waals surface area contributed by atoms with Crippen LogP contribution in [0.1, 0.15) is 49.2 Å². The summed E-state index contributed by atoms with van der Waals surface area (Å²) in [6.45, 7) is 8.85. The smallest absolute Gasteiger partial charge is 0.193 e. The lowest BCUT2D eigenvalue weighted by Crippen LogP contribution is -2.39. The molecule has 0 fully saturated rings. The van der Waals surface area contributed by atoms with Gasteiger partial charge in [-0.25, -0.2) is 0 Å². The summed E-state index contributed by atoms with van der Waals surface area (Å²) in [7, 11) is 1.61. The Morgan fingerprint density at radius 3 is 2.26 bits per heavy atom. The fourth-order valence-corrected chi connectivity index (χ4v) is 3.73. The van der Waals surface area contributed by atoms with E-state index in [9.17, 15) is 4.79 Å². The Morgan fingerprint density at radius 2 is 1.62 bits per heavy atom. The van der Waals surface area contributed by atoms with Gasteiger partial charge in [0.15, 0.2) is 22.4 Å². The molecule has 0 aliphatic rings. The molecule has 0 heterocycles. The lowest BCUT2D eigenvalue weighted by molar-refractivity contribution is 0.103. The highest BCUT2D eigenvalue weighted by molar-refractivity contribution is 7.80. The van der Waals surface area contributed by atoms with Gasteiger partial charge in [-0.3, -0.25) is 4.79 Å². The Morgan fingerprint density at radius 1 is 0.941 bits per heavy atom. The quantitative estimate of drug-likeness (QED) is 0.308. The van der Waals surface area contributed by atoms with Gasteiger partial charge in [-0.15, -0.1) is 0 Å². The van der Waals surface area contributed by atoms with Gasteiger partial charge in [0.1, 0.15) is 6.61 Å². The molecule has 1 unspecified atom stereocenters. The average molecular weight is 477 g/mol. The molecule has 0 bridgehead atoms. The minimum Gasteiger partial charge on any atom is -0.493 e. The van der Waals surface area contributed by atoms with E-state index >= 15 is 0 Å². The largest absolute Gasteiger partial charge is 0.493 e. The first kappa shape index (κ1) is 25.2. The van der Waals surface area contributed by atoms with Crippen molar-refractivity contribution in [2.24, 2.45) is 0 Å². The maximum atomic E-state index is 13.0. The lowest BCUT2D eigenvalue weighted by atomic mass is 9.86. The number of hydrogen-bond acceptors (Lipinski definition) is 4. The number of ether oxygens (including phenoxy) is 2. The molecule has 1 atom stereocenters. The van der Waals surface area contributed by atoms with Crippen LogP contribution < -0.4 is 20.1 Å². The van der Waals surface area contributed by atoms with Crippen LogP contribution in [0.25, 0.3) is 0 Å². The van der Waals surface area contributed by atoms with E-state index in [2.05, 4.69) is 31.4 Å². The summed E-state index contributed by atoms with van der Waals surface area (Å²) in [6, 6.07) is 22.6. The molecular formula is C28H32N2O3S. The standard InChI is InChI=1S/C28H32N2O3S/c1-19(18-33-25-12-7-6-11-24(25)32-5)29-27(34)30-23-10-8-9-21(17-23)26(31)20-13-15-22(16-14-20)28(2,3)4/h6-17,19H,18H2,1-5H3,(H2,29,30,34). The highest BCUT2D eigenvalue weighted by Gasteiger charge is 2.15. The van der Waals surface area contributed by atoms with Crippen LogP contribution in [0.2, 0.25) is 0 Å². The fraction of sp³-hybridized carbons (Fsp3) is 0.286. The first-order valence-electron chi connectivity index (χ1n) is 11.3. The number of anilines is 1. The predicted molar refractivity (Wildman–Crippen MR) is 142 cm³/mol. The third-order valence-corrected chi connectivity index (χ3v) is 5.55. The number of ketones is 1. The van der Waals surface area contributed by atoms with E-state index in [4.69, 9.17) is 21.7 Å². The molecule has 0 spiro atoms. The second-order valence-electron chi connectivity index (χ2n) is 9.20. The molecule has 178 valence electrons. The molecule has 0 aromatic heterocycles. The molecule has 0 aliphatic heterocycles. The Balaban J connectivity index is 1.58. The van der Waals surface area contributed by atoms with Gasteiger partial charge in [-0.1, -0.05) is 69.3 Å². The molecule has 0 saturated heterocycles. The molecule has 6 heteroatoms. The van der Waals surface area contributed by atoms with E-state index in [1.54, 1.807) is 7.11 Å². The topological polar surface area (TPSA) is 59.6 Å². The van der Waals surface area contributed by atoms with Gasteiger partial charge >= 0.3 is 0 Å². The van der Waals surface area contributed by atoms with Crippen molar-refractivity contribution >= 4 is 28.8 Å². The van der Waals surface area contributed by atoms with E-state index in [0.29, 0.717) is 34.3 Å². The molecule has 0 saturated carbocycles. The predicted octanol–water partition coefficient (Wildman–Crippen LogP) is 5.98. The van der Waals surface area contributed by atoms with E-state index in [1.165, 1.54) is 5.56 Å². The van der Waals surface area contributed by atoms with Crippen LogP contribution >= 0.6 is 12.2 Å². The van der Waals surface area contributed by atoms with E-state index in [0.717, 1.165) is 5.69 Å². The summed E-state index contributed by atoms with van der Waals surface area (Å²) in [6.07, 6.45) is 0. The van der Waals surface area contributed by atoms with E-state index in [1.807, 2.05) is 79.7 Å². The lowest BCUT2D eigenvalue weighted by Gasteiger charge is -2.19. The molecule has 0 aliphatic carbocycles. The molecule has 5 nitrogen and oxygen atoms in total. The monoisotopic (exact) mass is 476 g/mol. The Labute approximate surface area is 207 Å². The Bertz CT molecular complexity index is 1140. The molecule has 0 radical (unpaired) electrons. The number of carbonyl (C=O) groups is 1. The van der Waals surface area contributed by atoms with Crippen LogP contribution in [0.15, 0.2) is 72.8 Å². The van der Waals surface area contributed by atoms with E-state index < -0.39 is 0 Å². The zero-order valence-corrected chi connectivity index (χ0v) is 21.2. The van der Waals surface area contributed by atoms with Crippen molar-refractivity contribution in [3.8, 4) is 11.5 Å². The minimum absolute atomic E-state index is 0.0263. The molecular weight excluding hydrogens is 444 g/mol. The van der Waals surface area contributed by atoms with E-state index in [-0.39, 0.29) is 17.2 Å². The second kappa shape index (κ2) is 11.2. The van der Waals surface area contributed by atoms with Crippen LogP contribution in [-0.2, 0) is 5.41 Å². The summed E-state index contributed by atoms with van der Waals surface area (Å²) in [5, 5.41) is 6.82. The number of carbonyl (C=O) groups excluding carboxylic acids is 1. The van der Waals surface area contributed by atoms with Crippen LogP contribution in [-0.4, -0.2) is 30.7 Å². The van der Waals surface area contributed by atoms with Crippen molar-refractivity contribution in [2.45, 2.75) is 39.2 Å². The van der Waals surface area contributed by atoms with Gasteiger partial charge in [0.25, 0.3) is 0 Å². The highest BCUT2D eigenvalue weighted by Crippen LogP contribution is 2.26. The first-order valence-corrected chi connectivity index (χ1v) is 11.7. The maximum absolute atomic E-state index is 13.0. The van der Waals surface area contributed by atoms with Crippen LogP contribution in [0, 0.1) is 0 Å². The van der Waals surface area contributed by atoms with Crippen molar-refractivity contribution in [1.29, 1.82) is 0 Å². The maximum Gasteiger partial charge on any atom is 0.193 e. The third-order valence-electron chi connectivity index (χ3n) is 5.33. The summed E-state index contributed by atoms with van der Waals surface area (Å²) < 4.78 is 11.2. The van der Waals surface area contributed by atoms with Gasteiger partial charge in [0.2, 0.25) is 0 Å². The summed E-state index contributed by atoms with van der Waals surface area (Å²) in [5.41, 5.74) is 3.24. The van der Waals surface area contributed by atoms with Crippen LogP contribution in [0.4, 0.5) is 5.69 Å². The van der Waals surface area contributed by atoms with Crippen molar-refractivity contribution in [3.63, 3.8) is 0 Å². The zero-order chi connectivity index (χ0) is 24.7. The summed E-state index contributed by atoms with van der Waals surface area (Å²) in [4.78, 5) is 13.0. The number of nitrogens with one attached hydrogen (secondary N) is 2. The van der Waals surface area contributed by atoms with Crippen LogP contribution in [0.5, 0.6) is 11.5 Å². The Kier molecular flexibility index (Phi) is 8.29. The van der Waals surface area contributed by atoms with Gasteiger partial charge in [-0.2, -0.15) is 0 Å². The van der Waals surface area contributed by atoms with Crippen molar-refractivity contribution in [1.82, 2.24) is 5.32 Å². The van der Waals surface area contributed by atoms with Crippen molar-refractivity contribution in [2.75, 3.05) is 19.0 Å². The Hall–Kier alpha value is -3.38. The van der Waals surface area contributed by atoms with Crippen molar-refractivity contribution < 1.29 is 14.3 Å². The van der Waals surface area contributed by atoms with Crippen LogP contribution in [0.3, 0.4) is 0 Å². The summed E-state index contributed by atoms with van der Waals surface area (Å²) >= 11 is 5.46. The average Bonchev–Trinajstić information content (AvgIpc) is 2.82. The number of para-hydroxylation sites is 2. The number of rotatable bonds is 8. The number of thiocarbonyl (C=S) groups is 1. The third kappa shape index (κ3) is 6.81. The molecule has 0 amide bonds. The molecule has 3 aromatic carbocycles. The molecule has 3 rings (SSSR count). The summed E-state index contributed by atoms with van der Waals surface area (Å²) in [5.74, 6) is 1.34. The zero-order valence-electron chi connectivity index (χ0n) is 20.3. The first-order chi connectivity index (χ1) is 16.2. The minimum atomic E-state index is -0.0453. The number of methoxy groups -OCH3 is 1. The normalized spacial score (nSPS) is 11.9.